The maximum Gasteiger partial charge on any atom is 0.343 e. The fraction of sp³-hybridized carbons (Fsp3) is 0.667. The van der Waals surface area contributed by atoms with Crippen LogP contribution in [0.4, 0.5) is 0 Å². The van der Waals surface area contributed by atoms with Gasteiger partial charge in [-0.3, -0.25) is 0 Å². The Hall–Kier alpha value is -0.320. The second-order valence-electron chi connectivity index (χ2n) is 1.19. The van der Waals surface area contributed by atoms with Crippen LogP contribution in [0.2, 0.25) is 0 Å². The fourth-order valence-corrected chi connectivity index (χ4v) is 0.246. The summed E-state index contributed by atoms with van der Waals surface area (Å²) in [5.41, 5.74) is 4.92. The molecule has 0 aromatic rings. The lowest BCUT2D eigenvalue weighted by atomic mass is 10.3. The molecule has 0 aliphatic heterocycles. The van der Waals surface area contributed by atoms with Crippen LogP contribution in [-0.2, 0) is 9.08 Å². The van der Waals surface area contributed by atoms with Gasteiger partial charge in [-0.15, -0.1) is 0 Å². The second-order valence-corrected chi connectivity index (χ2v) is 1.34. The molecule has 0 saturated carbocycles. The molecule has 1 unspecified atom stereocenters. The van der Waals surface area contributed by atoms with Crippen molar-refractivity contribution in [3.63, 3.8) is 0 Å². The summed E-state index contributed by atoms with van der Waals surface area (Å²) in [4.78, 5) is 10.1. The average Bonchev–Trinajstić information content (AvgIpc) is 1.84. The Morgan fingerprint density at radius 3 is 2.62 bits per heavy atom. The molecule has 3 N–H and O–H groups in total. The molecule has 48 valence electrons. The Kier molecular flexibility index (Phi) is 3.51. The van der Waals surface area contributed by atoms with Crippen LogP contribution in [-0.4, -0.2) is 23.7 Å². The summed E-state index contributed by atoms with van der Waals surface area (Å²) in [6.07, 6.45) is 0. The molecule has 0 rings (SSSR count). The van der Waals surface area contributed by atoms with Gasteiger partial charge in [-0.2, -0.15) is 0 Å². The van der Waals surface area contributed by atoms with Crippen LogP contribution in [0.5, 0.6) is 0 Å². The van der Waals surface area contributed by atoms with E-state index in [0.717, 1.165) is 0 Å². The Morgan fingerprint density at radius 2 is 2.50 bits per heavy atom. The molecule has 0 aromatic heterocycles. The molecular weight excluding hydrogens is 133 g/mol. The van der Waals surface area contributed by atoms with Gasteiger partial charge in [0, 0.05) is 0 Å². The summed E-state index contributed by atoms with van der Waals surface area (Å²) < 4.78 is 3.65. The van der Waals surface area contributed by atoms with Gasteiger partial charge in [0.15, 0.2) is 0 Å². The Morgan fingerprint density at radius 1 is 2.00 bits per heavy atom. The van der Waals surface area contributed by atoms with E-state index in [2.05, 4.69) is 16.2 Å². The lowest BCUT2D eigenvalue weighted by molar-refractivity contribution is -0.136. The predicted molar refractivity (Wildman–Crippen MR) is 27.0 cm³/mol. The van der Waals surface area contributed by atoms with Crippen molar-refractivity contribution in [2.75, 3.05) is 6.61 Å². The zero-order valence-electron chi connectivity index (χ0n) is 4.00. The SMILES string of the molecule is NC(CO)C(=O)OCl. The first kappa shape index (κ1) is 7.68. The van der Waals surface area contributed by atoms with E-state index in [1.807, 2.05) is 0 Å². The topological polar surface area (TPSA) is 72.5 Å². The smallest absolute Gasteiger partial charge is 0.343 e. The van der Waals surface area contributed by atoms with Crippen molar-refractivity contribution in [3.05, 3.63) is 0 Å². The maximum atomic E-state index is 10.1. The van der Waals surface area contributed by atoms with Crippen molar-refractivity contribution >= 4 is 17.8 Å². The summed E-state index contributed by atoms with van der Waals surface area (Å²) in [5, 5.41) is 8.15. The van der Waals surface area contributed by atoms with E-state index >= 15 is 0 Å². The minimum absolute atomic E-state index is 0.453. The number of aliphatic hydroxyl groups excluding tert-OH is 1. The molecule has 0 fully saturated rings. The minimum atomic E-state index is -1.02. The number of halogens is 1. The van der Waals surface area contributed by atoms with Crippen LogP contribution in [0.1, 0.15) is 0 Å². The molecule has 0 bridgehead atoms. The van der Waals surface area contributed by atoms with Gasteiger partial charge in [-0.1, -0.05) is 0 Å². The van der Waals surface area contributed by atoms with E-state index in [0.29, 0.717) is 0 Å². The standard InChI is InChI=1S/C3H6ClNO3/c4-8-3(7)2(5)1-6/h2,6H,1,5H2. The molecule has 0 aliphatic rings. The van der Waals surface area contributed by atoms with Gasteiger partial charge in [0.05, 0.1) is 6.61 Å². The molecule has 0 aliphatic carbocycles. The number of aliphatic hydroxyl groups is 1. The van der Waals surface area contributed by atoms with E-state index in [4.69, 9.17) is 10.8 Å². The summed E-state index contributed by atoms with van der Waals surface area (Å²) in [6.45, 7) is -0.453. The molecule has 0 saturated heterocycles. The van der Waals surface area contributed by atoms with Crippen LogP contribution < -0.4 is 5.73 Å². The van der Waals surface area contributed by atoms with Crippen LogP contribution in [0.15, 0.2) is 0 Å². The van der Waals surface area contributed by atoms with E-state index in [1.54, 1.807) is 0 Å². The Balaban J connectivity index is 3.46. The quantitative estimate of drug-likeness (QED) is 0.515. The highest BCUT2D eigenvalue weighted by molar-refractivity contribution is 6.13. The van der Waals surface area contributed by atoms with Crippen LogP contribution in [0.25, 0.3) is 0 Å². The van der Waals surface area contributed by atoms with Crippen molar-refractivity contribution in [3.8, 4) is 0 Å². The molecule has 5 heteroatoms. The molecule has 0 amide bonds. The summed E-state index contributed by atoms with van der Waals surface area (Å²) in [5.74, 6) is -0.825. The van der Waals surface area contributed by atoms with Gasteiger partial charge in [0.1, 0.15) is 17.9 Å². The van der Waals surface area contributed by atoms with Crippen molar-refractivity contribution in [1.29, 1.82) is 0 Å². The zero-order valence-corrected chi connectivity index (χ0v) is 4.76. The average molecular weight is 140 g/mol. The molecule has 8 heavy (non-hydrogen) atoms. The first-order valence-electron chi connectivity index (χ1n) is 1.91. The highest BCUT2D eigenvalue weighted by Gasteiger charge is 2.11. The molecular formula is C3H6ClNO3. The van der Waals surface area contributed by atoms with E-state index in [-0.39, 0.29) is 0 Å². The van der Waals surface area contributed by atoms with E-state index in [1.165, 1.54) is 0 Å². The van der Waals surface area contributed by atoms with Crippen molar-refractivity contribution in [2.24, 2.45) is 5.73 Å². The number of nitrogens with two attached hydrogens (primary N) is 1. The minimum Gasteiger partial charge on any atom is -0.394 e. The van der Waals surface area contributed by atoms with E-state index < -0.39 is 18.6 Å². The fourth-order valence-electron chi connectivity index (χ4n) is 0.132. The van der Waals surface area contributed by atoms with Crippen molar-refractivity contribution in [2.45, 2.75) is 6.04 Å². The summed E-state index contributed by atoms with van der Waals surface area (Å²) >= 11 is 4.58. The highest BCUT2D eigenvalue weighted by Crippen LogP contribution is 1.85. The van der Waals surface area contributed by atoms with Gasteiger partial charge in [-0.05, 0) is 0 Å². The maximum absolute atomic E-state index is 10.1. The number of hydrogen-bond acceptors (Lipinski definition) is 4. The van der Waals surface area contributed by atoms with Crippen LogP contribution >= 0.6 is 11.9 Å². The van der Waals surface area contributed by atoms with Gasteiger partial charge in [0.2, 0.25) is 0 Å². The highest BCUT2D eigenvalue weighted by atomic mass is 35.5. The van der Waals surface area contributed by atoms with E-state index in [9.17, 15) is 4.79 Å². The zero-order chi connectivity index (χ0) is 6.57. The molecule has 1 atom stereocenters. The van der Waals surface area contributed by atoms with Gasteiger partial charge >= 0.3 is 5.97 Å². The summed E-state index contributed by atoms with van der Waals surface area (Å²) in [6, 6.07) is -1.02. The van der Waals surface area contributed by atoms with Crippen LogP contribution in [0, 0.1) is 0 Å². The van der Waals surface area contributed by atoms with Crippen molar-refractivity contribution < 1.29 is 14.2 Å². The van der Waals surface area contributed by atoms with Crippen LogP contribution in [0.3, 0.4) is 0 Å². The predicted octanol–water partition coefficient (Wildman–Crippen LogP) is -0.997. The third-order valence-corrected chi connectivity index (χ3v) is 0.728. The molecule has 0 radical (unpaired) electrons. The third-order valence-electron chi connectivity index (χ3n) is 0.575. The van der Waals surface area contributed by atoms with Crippen molar-refractivity contribution in [1.82, 2.24) is 0 Å². The molecule has 0 heterocycles. The molecule has 0 aromatic carbocycles. The number of rotatable bonds is 2. The number of carbonyl (C=O) groups is 1. The largest absolute Gasteiger partial charge is 0.394 e. The Labute approximate surface area is 51.4 Å². The van der Waals surface area contributed by atoms with Gasteiger partial charge < -0.3 is 15.1 Å². The third kappa shape index (κ3) is 2.11. The summed E-state index contributed by atoms with van der Waals surface area (Å²) in [7, 11) is 0. The molecule has 4 nitrogen and oxygen atoms in total. The number of hydrogen-bond donors (Lipinski definition) is 2. The Bertz CT molecular complexity index is 86.6. The first-order chi connectivity index (χ1) is 3.72. The monoisotopic (exact) mass is 139 g/mol. The first-order valence-corrected chi connectivity index (χ1v) is 2.22. The lowest BCUT2D eigenvalue weighted by Crippen LogP contribution is -2.33. The van der Waals surface area contributed by atoms with Gasteiger partial charge in [-0.25, -0.2) is 4.79 Å². The second kappa shape index (κ2) is 3.65. The number of carbonyl (C=O) groups excluding carboxylic acids is 1. The van der Waals surface area contributed by atoms with Gasteiger partial charge in [0.25, 0.3) is 0 Å². The molecule has 0 spiro atoms. The normalized spacial score (nSPS) is 12.9. The lowest BCUT2D eigenvalue weighted by Gasteiger charge is -1.99.